The fourth-order valence-electron chi connectivity index (χ4n) is 4.35. The Bertz CT molecular complexity index is 1190. The first-order valence-electron chi connectivity index (χ1n) is 12.0. The van der Waals surface area contributed by atoms with E-state index in [1.807, 2.05) is 33.8 Å². The quantitative estimate of drug-likeness (QED) is 0.491. The van der Waals surface area contributed by atoms with Crippen LogP contribution in [-0.4, -0.2) is 46.8 Å². The third kappa shape index (κ3) is 5.89. The lowest BCUT2D eigenvalue weighted by atomic mass is 10.0. The lowest BCUT2D eigenvalue weighted by Gasteiger charge is -2.26. The third-order valence-corrected chi connectivity index (χ3v) is 6.31. The number of benzene rings is 2. The van der Waals surface area contributed by atoms with Gasteiger partial charge >= 0.3 is 0 Å². The van der Waals surface area contributed by atoms with E-state index in [1.165, 1.54) is 5.69 Å². The van der Waals surface area contributed by atoms with Crippen molar-refractivity contribution in [3.05, 3.63) is 65.4 Å². The number of nitrogens with zero attached hydrogens (tertiary/aromatic N) is 3. The maximum atomic E-state index is 11.9. The predicted octanol–water partition coefficient (Wildman–Crippen LogP) is 3.87. The summed E-state index contributed by atoms with van der Waals surface area (Å²) in [6, 6.07) is 16.4. The number of methoxy groups -OCH3 is 1. The molecule has 3 aromatic rings. The third-order valence-electron chi connectivity index (χ3n) is 6.31. The summed E-state index contributed by atoms with van der Waals surface area (Å²) in [6.45, 7) is 6.72. The zero-order valence-corrected chi connectivity index (χ0v) is 20.6. The SMILES string of the molecule is CCn1nc(Nc2ccc(-c3cccc(CNC(=O)CCOC)c3)cc2)c2c1CCN(C(C)=O)C2. The molecule has 0 spiro atoms. The normalized spacial score (nSPS) is 12.8. The fraction of sp³-hybridized carbons (Fsp3) is 0.370. The molecule has 184 valence electrons. The minimum Gasteiger partial charge on any atom is -0.384 e. The van der Waals surface area contributed by atoms with Crippen molar-refractivity contribution in [2.45, 2.75) is 46.3 Å². The van der Waals surface area contributed by atoms with E-state index < -0.39 is 0 Å². The molecule has 0 saturated heterocycles. The first-order valence-corrected chi connectivity index (χ1v) is 12.0. The van der Waals surface area contributed by atoms with Gasteiger partial charge in [-0.05, 0) is 41.8 Å². The van der Waals surface area contributed by atoms with Crippen molar-refractivity contribution in [1.29, 1.82) is 0 Å². The number of anilines is 2. The molecule has 35 heavy (non-hydrogen) atoms. The Balaban J connectivity index is 1.46. The van der Waals surface area contributed by atoms with Gasteiger partial charge in [0.05, 0.1) is 13.2 Å². The minimum atomic E-state index is -0.0215. The molecule has 2 aromatic carbocycles. The minimum absolute atomic E-state index is 0.0215. The molecule has 0 unspecified atom stereocenters. The lowest BCUT2D eigenvalue weighted by Crippen LogP contribution is -2.34. The first-order chi connectivity index (χ1) is 17.0. The number of aromatic nitrogens is 2. The standard InChI is InChI=1S/C27H33N5O3/c1-4-32-25-12-14-31(19(2)33)18-24(25)27(30-32)29-23-10-8-21(9-11-23)22-7-5-6-20(16-22)17-28-26(34)13-15-35-3/h5-11,16H,4,12-15,17-18H2,1-3H3,(H,28,34)(H,29,30). The molecule has 0 atom stereocenters. The van der Waals surface area contributed by atoms with E-state index in [0.29, 0.717) is 26.1 Å². The molecule has 1 aliphatic rings. The Kier molecular flexibility index (Phi) is 7.82. The van der Waals surface area contributed by atoms with E-state index in [-0.39, 0.29) is 11.8 Å². The summed E-state index contributed by atoms with van der Waals surface area (Å²) in [5.74, 6) is 0.880. The van der Waals surface area contributed by atoms with Crippen LogP contribution in [0.15, 0.2) is 48.5 Å². The van der Waals surface area contributed by atoms with E-state index in [2.05, 4.69) is 41.8 Å². The molecule has 1 aromatic heterocycles. The number of hydrogen-bond acceptors (Lipinski definition) is 5. The van der Waals surface area contributed by atoms with Crippen molar-refractivity contribution in [3.63, 3.8) is 0 Å². The highest BCUT2D eigenvalue weighted by Gasteiger charge is 2.25. The largest absolute Gasteiger partial charge is 0.384 e. The van der Waals surface area contributed by atoms with Crippen LogP contribution in [0.2, 0.25) is 0 Å². The molecule has 0 fully saturated rings. The Morgan fingerprint density at radius 1 is 1.11 bits per heavy atom. The number of amides is 2. The number of ether oxygens (including phenoxy) is 1. The number of carbonyl (C=O) groups is 2. The molecule has 2 heterocycles. The first kappa shape index (κ1) is 24.5. The van der Waals surface area contributed by atoms with Crippen molar-refractivity contribution >= 4 is 23.3 Å². The summed E-state index contributed by atoms with van der Waals surface area (Å²) in [6.07, 6.45) is 1.18. The van der Waals surface area contributed by atoms with Crippen LogP contribution in [0.3, 0.4) is 0 Å². The van der Waals surface area contributed by atoms with Gasteiger partial charge in [-0.3, -0.25) is 14.3 Å². The van der Waals surface area contributed by atoms with E-state index in [0.717, 1.165) is 53.3 Å². The molecule has 2 N–H and O–H groups in total. The number of aryl methyl sites for hydroxylation is 1. The van der Waals surface area contributed by atoms with Gasteiger partial charge in [0.15, 0.2) is 5.82 Å². The highest BCUT2D eigenvalue weighted by atomic mass is 16.5. The molecule has 0 radical (unpaired) electrons. The molecular weight excluding hydrogens is 442 g/mol. The van der Waals surface area contributed by atoms with Crippen molar-refractivity contribution in [2.75, 3.05) is 25.6 Å². The summed E-state index contributed by atoms with van der Waals surface area (Å²) in [7, 11) is 1.59. The Labute approximate surface area is 206 Å². The molecule has 0 bridgehead atoms. The topological polar surface area (TPSA) is 88.5 Å². The van der Waals surface area contributed by atoms with Crippen LogP contribution < -0.4 is 10.6 Å². The van der Waals surface area contributed by atoms with Gasteiger partial charge in [-0.25, -0.2) is 0 Å². The summed E-state index contributed by atoms with van der Waals surface area (Å²) < 4.78 is 6.98. The van der Waals surface area contributed by atoms with Gasteiger partial charge in [0.1, 0.15) is 0 Å². The summed E-state index contributed by atoms with van der Waals surface area (Å²) in [5.41, 5.74) is 6.46. The second kappa shape index (κ2) is 11.2. The summed E-state index contributed by atoms with van der Waals surface area (Å²) in [4.78, 5) is 25.6. The van der Waals surface area contributed by atoms with Gasteiger partial charge in [-0.15, -0.1) is 0 Å². The van der Waals surface area contributed by atoms with Crippen LogP contribution in [-0.2, 0) is 40.4 Å². The zero-order chi connectivity index (χ0) is 24.8. The monoisotopic (exact) mass is 475 g/mol. The Morgan fingerprint density at radius 3 is 2.63 bits per heavy atom. The molecule has 8 nitrogen and oxygen atoms in total. The van der Waals surface area contributed by atoms with E-state index in [9.17, 15) is 9.59 Å². The van der Waals surface area contributed by atoms with Gasteiger partial charge in [-0.2, -0.15) is 5.10 Å². The van der Waals surface area contributed by atoms with Crippen LogP contribution in [0, 0.1) is 0 Å². The molecule has 0 aliphatic carbocycles. The highest BCUT2D eigenvalue weighted by molar-refractivity contribution is 5.76. The van der Waals surface area contributed by atoms with E-state index in [1.54, 1.807) is 14.0 Å². The fourth-order valence-corrected chi connectivity index (χ4v) is 4.35. The van der Waals surface area contributed by atoms with Crippen LogP contribution in [0.5, 0.6) is 0 Å². The second-order valence-electron chi connectivity index (χ2n) is 8.70. The van der Waals surface area contributed by atoms with Crippen LogP contribution in [0.25, 0.3) is 11.1 Å². The average Bonchev–Trinajstić information content (AvgIpc) is 3.23. The van der Waals surface area contributed by atoms with Crippen LogP contribution in [0.1, 0.15) is 37.1 Å². The Hall–Kier alpha value is -3.65. The van der Waals surface area contributed by atoms with Crippen LogP contribution >= 0.6 is 0 Å². The van der Waals surface area contributed by atoms with E-state index in [4.69, 9.17) is 9.84 Å². The number of fused-ring (bicyclic) bond motifs is 1. The van der Waals surface area contributed by atoms with Gasteiger partial charge in [0, 0.05) is 63.5 Å². The number of carbonyl (C=O) groups excluding carboxylic acids is 2. The molecule has 4 rings (SSSR count). The van der Waals surface area contributed by atoms with Gasteiger partial charge < -0.3 is 20.3 Å². The maximum absolute atomic E-state index is 11.9. The number of nitrogens with one attached hydrogen (secondary N) is 2. The van der Waals surface area contributed by atoms with Crippen molar-refractivity contribution in [3.8, 4) is 11.1 Å². The van der Waals surface area contributed by atoms with Gasteiger partial charge in [-0.1, -0.05) is 30.3 Å². The van der Waals surface area contributed by atoms with E-state index >= 15 is 0 Å². The number of rotatable bonds is 9. The summed E-state index contributed by atoms with van der Waals surface area (Å²) in [5, 5.41) is 11.2. The Morgan fingerprint density at radius 2 is 1.91 bits per heavy atom. The van der Waals surface area contributed by atoms with Crippen LogP contribution in [0.4, 0.5) is 11.5 Å². The molecule has 1 aliphatic heterocycles. The molecule has 2 amide bonds. The average molecular weight is 476 g/mol. The zero-order valence-electron chi connectivity index (χ0n) is 20.6. The van der Waals surface area contributed by atoms with Crippen molar-refractivity contribution < 1.29 is 14.3 Å². The predicted molar refractivity (Wildman–Crippen MR) is 136 cm³/mol. The molecular formula is C27H33N5O3. The molecule has 0 saturated carbocycles. The van der Waals surface area contributed by atoms with Gasteiger partial charge in [0.2, 0.25) is 11.8 Å². The van der Waals surface area contributed by atoms with Crippen molar-refractivity contribution in [2.24, 2.45) is 0 Å². The smallest absolute Gasteiger partial charge is 0.222 e. The second-order valence-corrected chi connectivity index (χ2v) is 8.70. The molecule has 8 heteroatoms. The highest BCUT2D eigenvalue weighted by Crippen LogP contribution is 2.30. The van der Waals surface area contributed by atoms with Gasteiger partial charge in [0.25, 0.3) is 0 Å². The lowest BCUT2D eigenvalue weighted by molar-refractivity contribution is -0.129. The maximum Gasteiger partial charge on any atom is 0.222 e. The van der Waals surface area contributed by atoms with Crippen molar-refractivity contribution in [1.82, 2.24) is 20.0 Å². The number of hydrogen-bond donors (Lipinski definition) is 2. The summed E-state index contributed by atoms with van der Waals surface area (Å²) >= 11 is 0.